The first-order valence-corrected chi connectivity index (χ1v) is 8.33. The Morgan fingerprint density at radius 1 is 1.08 bits per heavy atom. The molecule has 0 radical (unpaired) electrons. The summed E-state index contributed by atoms with van der Waals surface area (Å²) in [6, 6.07) is 9.76. The highest BCUT2D eigenvalue weighted by Gasteiger charge is 2.18. The lowest BCUT2D eigenvalue weighted by Gasteiger charge is -2.19. The number of nitrogens with one attached hydrogen (secondary N) is 2. The number of hydrogen-bond acceptors (Lipinski definition) is 2. The molecule has 2 rings (SSSR count). The van der Waals surface area contributed by atoms with Crippen molar-refractivity contribution in [3.05, 3.63) is 63.7 Å². The first-order valence-electron chi connectivity index (χ1n) is 7.95. The molecular formula is C19H22ClN3O2. The third-order valence-electron chi connectivity index (χ3n) is 3.92. The second kappa shape index (κ2) is 8.03. The summed E-state index contributed by atoms with van der Waals surface area (Å²) < 4.78 is 0. The number of urea groups is 1. The van der Waals surface area contributed by atoms with Gasteiger partial charge in [0.05, 0.1) is 12.5 Å². The molecule has 0 aliphatic carbocycles. The van der Waals surface area contributed by atoms with E-state index in [1.54, 1.807) is 24.3 Å². The van der Waals surface area contributed by atoms with E-state index in [2.05, 4.69) is 10.6 Å². The van der Waals surface area contributed by atoms with Gasteiger partial charge in [0.15, 0.2) is 0 Å². The van der Waals surface area contributed by atoms with Gasteiger partial charge in [-0.15, -0.1) is 0 Å². The van der Waals surface area contributed by atoms with Crippen LogP contribution >= 0.6 is 11.6 Å². The van der Waals surface area contributed by atoms with Gasteiger partial charge < -0.3 is 16.4 Å². The Balaban J connectivity index is 2.17. The average molecular weight is 360 g/mol. The van der Waals surface area contributed by atoms with Crippen molar-refractivity contribution >= 4 is 29.2 Å². The number of carbonyl (C=O) groups is 2. The van der Waals surface area contributed by atoms with E-state index in [9.17, 15) is 9.59 Å². The van der Waals surface area contributed by atoms with Crippen molar-refractivity contribution < 1.29 is 9.59 Å². The molecule has 2 aromatic rings. The Bertz CT molecular complexity index is 765. The first-order chi connectivity index (χ1) is 11.8. The summed E-state index contributed by atoms with van der Waals surface area (Å²) in [7, 11) is 0. The Hall–Kier alpha value is -2.53. The van der Waals surface area contributed by atoms with Crippen LogP contribution in [0.5, 0.6) is 0 Å². The fraction of sp³-hybridized carbons (Fsp3) is 0.263. The lowest BCUT2D eigenvalue weighted by atomic mass is 10.0. The predicted molar refractivity (Wildman–Crippen MR) is 101 cm³/mol. The van der Waals surface area contributed by atoms with E-state index in [0.717, 1.165) is 27.9 Å². The minimum absolute atomic E-state index is 0.0668. The fourth-order valence-electron chi connectivity index (χ4n) is 2.87. The summed E-state index contributed by atoms with van der Waals surface area (Å²) >= 11 is 5.89. The second-order valence-corrected chi connectivity index (χ2v) is 6.58. The first kappa shape index (κ1) is 18.8. The number of halogens is 1. The highest BCUT2D eigenvalue weighted by molar-refractivity contribution is 6.30. The molecule has 3 amide bonds. The monoisotopic (exact) mass is 359 g/mol. The van der Waals surface area contributed by atoms with E-state index in [1.807, 2.05) is 32.9 Å². The summed E-state index contributed by atoms with van der Waals surface area (Å²) in [5.41, 5.74) is 9.94. The lowest BCUT2D eigenvalue weighted by Crippen LogP contribution is -2.35. The average Bonchev–Trinajstić information content (AvgIpc) is 2.50. The molecule has 0 spiro atoms. The largest absolute Gasteiger partial charge is 0.352 e. The molecule has 0 heterocycles. The van der Waals surface area contributed by atoms with Crippen molar-refractivity contribution in [3.63, 3.8) is 0 Å². The minimum Gasteiger partial charge on any atom is -0.352 e. The van der Waals surface area contributed by atoms with E-state index in [0.29, 0.717) is 5.02 Å². The quantitative estimate of drug-likeness (QED) is 0.753. The Kier molecular flexibility index (Phi) is 6.04. The molecule has 4 N–H and O–H groups in total. The topological polar surface area (TPSA) is 84.2 Å². The van der Waals surface area contributed by atoms with Gasteiger partial charge in [0.1, 0.15) is 0 Å². The van der Waals surface area contributed by atoms with E-state index in [4.69, 9.17) is 17.3 Å². The standard InChI is InChI=1S/C19H22ClN3O2/c1-11-8-12(2)18(13(3)9-11)23-17(24)10-16(22-19(21)25)14-4-6-15(20)7-5-14/h4-9,16H,10H2,1-3H3,(H,23,24)(H3,21,22,25)/t16-/m1/s1. The van der Waals surface area contributed by atoms with Crippen molar-refractivity contribution in [1.82, 2.24) is 5.32 Å². The number of anilines is 1. The summed E-state index contributed by atoms with van der Waals surface area (Å²) in [5.74, 6) is -0.205. The SMILES string of the molecule is Cc1cc(C)c(NC(=O)C[C@@H](NC(N)=O)c2ccc(Cl)cc2)c(C)c1. The van der Waals surface area contributed by atoms with Crippen LogP contribution in [-0.2, 0) is 4.79 Å². The van der Waals surface area contributed by atoms with Crippen LogP contribution in [0.4, 0.5) is 10.5 Å². The van der Waals surface area contributed by atoms with Crippen LogP contribution in [0, 0.1) is 20.8 Å². The van der Waals surface area contributed by atoms with Gasteiger partial charge in [-0.2, -0.15) is 0 Å². The van der Waals surface area contributed by atoms with Crippen LogP contribution < -0.4 is 16.4 Å². The number of benzene rings is 2. The Morgan fingerprint density at radius 2 is 1.64 bits per heavy atom. The van der Waals surface area contributed by atoms with Gasteiger partial charge >= 0.3 is 6.03 Å². The molecule has 1 atom stereocenters. The van der Waals surface area contributed by atoms with Gasteiger partial charge in [-0.05, 0) is 49.6 Å². The van der Waals surface area contributed by atoms with Crippen LogP contribution in [-0.4, -0.2) is 11.9 Å². The number of carbonyl (C=O) groups excluding carboxylic acids is 2. The van der Waals surface area contributed by atoms with Crippen molar-refractivity contribution in [3.8, 4) is 0 Å². The number of nitrogens with two attached hydrogens (primary N) is 1. The third kappa shape index (κ3) is 5.22. The number of aryl methyl sites for hydroxylation is 3. The summed E-state index contributed by atoms with van der Waals surface area (Å²) in [4.78, 5) is 23.8. The lowest BCUT2D eigenvalue weighted by molar-refractivity contribution is -0.116. The Labute approximate surface area is 152 Å². The molecule has 0 fully saturated rings. The molecule has 132 valence electrons. The summed E-state index contributed by atoms with van der Waals surface area (Å²) in [6.07, 6.45) is 0.0668. The van der Waals surface area contributed by atoms with E-state index in [1.165, 1.54) is 0 Å². The number of amides is 3. The Morgan fingerprint density at radius 3 is 2.16 bits per heavy atom. The highest BCUT2D eigenvalue weighted by Crippen LogP contribution is 2.24. The van der Waals surface area contributed by atoms with Crippen molar-refractivity contribution in [2.45, 2.75) is 33.2 Å². The van der Waals surface area contributed by atoms with Gasteiger partial charge in [0.2, 0.25) is 5.91 Å². The molecule has 25 heavy (non-hydrogen) atoms. The number of primary amides is 1. The van der Waals surface area contributed by atoms with Crippen LogP contribution in [0.2, 0.25) is 5.02 Å². The second-order valence-electron chi connectivity index (χ2n) is 6.14. The fourth-order valence-corrected chi connectivity index (χ4v) is 3.00. The van der Waals surface area contributed by atoms with Crippen molar-refractivity contribution in [1.29, 1.82) is 0 Å². The highest BCUT2D eigenvalue weighted by atomic mass is 35.5. The minimum atomic E-state index is -0.685. The molecule has 0 aliphatic rings. The van der Waals surface area contributed by atoms with Crippen molar-refractivity contribution in [2.24, 2.45) is 5.73 Å². The van der Waals surface area contributed by atoms with Crippen LogP contribution in [0.25, 0.3) is 0 Å². The smallest absolute Gasteiger partial charge is 0.312 e. The van der Waals surface area contributed by atoms with Crippen LogP contribution in [0.15, 0.2) is 36.4 Å². The molecule has 0 aliphatic heterocycles. The predicted octanol–water partition coefficient (Wildman–Crippen LogP) is 4.00. The van der Waals surface area contributed by atoms with E-state index in [-0.39, 0.29) is 12.3 Å². The summed E-state index contributed by atoms with van der Waals surface area (Å²) in [6.45, 7) is 5.92. The van der Waals surface area contributed by atoms with Gasteiger partial charge in [-0.25, -0.2) is 4.79 Å². The maximum absolute atomic E-state index is 12.5. The normalized spacial score (nSPS) is 11.7. The number of hydrogen-bond donors (Lipinski definition) is 3. The molecule has 0 saturated carbocycles. The maximum Gasteiger partial charge on any atom is 0.312 e. The third-order valence-corrected chi connectivity index (χ3v) is 4.17. The zero-order chi connectivity index (χ0) is 18.6. The van der Waals surface area contributed by atoms with Gasteiger partial charge in [0, 0.05) is 10.7 Å². The molecule has 0 bridgehead atoms. The van der Waals surface area contributed by atoms with Crippen LogP contribution in [0.3, 0.4) is 0 Å². The van der Waals surface area contributed by atoms with E-state index >= 15 is 0 Å². The molecule has 5 nitrogen and oxygen atoms in total. The van der Waals surface area contributed by atoms with Gasteiger partial charge in [0.25, 0.3) is 0 Å². The zero-order valence-corrected chi connectivity index (χ0v) is 15.3. The zero-order valence-electron chi connectivity index (χ0n) is 14.5. The molecular weight excluding hydrogens is 338 g/mol. The molecule has 0 unspecified atom stereocenters. The molecule has 0 saturated heterocycles. The summed E-state index contributed by atoms with van der Waals surface area (Å²) in [5, 5.41) is 6.12. The maximum atomic E-state index is 12.5. The number of rotatable bonds is 5. The molecule has 0 aromatic heterocycles. The molecule has 6 heteroatoms. The van der Waals surface area contributed by atoms with Crippen molar-refractivity contribution in [2.75, 3.05) is 5.32 Å². The molecule has 2 aromatic carbocycles. The van der Waals surface area contributed by atoms with Gasteiger partial charge in [-0.1, -0.05) is 41.4 Å². The van der Waals surface area contributed by atoms with Gasteiger partial charge in [-0.3, -0.25) is 4.79 Å². The van der Waals surface area contributed by atoms with E-state index < -0.39 is 12.1 Å². The van der Waals surface area contributed by atoms with Crippen LogP contribution in [0.1, 0.15) is 34.7 Å².